The van der Waals surface area contributed by atoms with E-state index in [2.05, 4.69) is 0 Å². The quantitative estimate of drug-likeness (QED) is 0.609. The Morgan fingerprint density at radius 3 is 2.04 bits per heavy atom. The molecule has 9 atom stereocenters. The van der Waals surface area contributed by atoms with Crippen molar-refractivity contribution < 1.29 is 41.7 Å². The van der Waals surface area contributed by atoms with E-state index in [4.69, 9.17) is 39.8 Å². The molecule has 2 fully saturated rings. The first-order chi connectivity index (χ1) is 11.7. The molecule has 2 aliphatic heterocycles. The van der Waals surface area contributed by atoms with Gasteiger partial charge in [-0.3, -0.25) is 4.52 Å². The number of hydrogen-bond donors (Lipinski definition) is 1. The van der Waals surface area contributed by atoms with Crippen molar-refractivity contribution in [2.75, 3.05) is 27.4 Å². The number of ether oxygens (including phenoxy) is 4. The molecular formula is C14H25F2O7PS. The van der Waals surface area contributed by atoms with Gasteiger partial charge in [-0.05, 0) is 25.7 Å². The van der Waals surface area contributed by atoms with Crippen LogP contribution in [0, 0.1) is 0 Å². The van der Waals surface area contributed by atoms with Gasteiger partial charge >= 0.3 is 6.72 Å². The third-order valence-corrected chi connectivity index (χ3v) is 5.86. The molecular weight excluding hydrogens is 381 g/mol. The lowest BCUT2D eigenvalue weighted by Crippen LogP contribution is -2.35. The third kappa shape index (κ3) is 5.15. The van der Waals surface area contributed by atoms with Crippen LogP contribution in [-0.2, 0) is 39.8 Å². The summed E-state index contributed by atoms with van der Waals surface area (Å²) < 4.78 is 59.6. The predicted octanol–water partition coefficient (Wildman–Crippen LogP) is 1.52. The van der Waals surface area contributed by atoms with E-state index in [1.807, 2.05) is 0 Å². The van der Waals surface area contributed by atoms with Crippen LogP contribution in [0.25, 0.3) is 0 Å². The summed E-state index contributed by atoms with van der Waals surface area (Å²) in [4.78, 5) is 10.2. The minimum Gasteiger partial charge on any atom is -0.382 e. The SMILES string of the molecule is COC[C@H]1O[C@@H](C)[C@H](F)[C@@H]1OP(O)(=S)OC[C@H]1O[C@@H](C)[C@H](F)[C@@H]1OC. The van der Waals surface area contributed by atoms with Crippen molar-refractivity contribution in [3.05, 3.63) is 0 Å². The minimum absolute atomic E-state index is 0.0866. The normalized spacial score (nSPS) is 44.1. The summed E-state index contributed by atoms with van der Waals surface area (Å²) >= 11 is 4.95. The van der Waals surface area contributed by atoms with Crippen molar-refractivity contribution in [3.8, 4) is 0 Å². The molecule has 11 heteroatoms. The summed E-state index contributed by atoms with van der Waals surface area (Å²) in [6.45, 7) is -0.815. The van der Waals surface area contributed by atoms with E-state index in [0.717, 1.165) is 0 Å². The average Bonchev–Trinajstić information content (AvgIpc) is 2.97. The number of alkyl halides is 2. The van der Waals surface area contributed by atoms with Crippen LogP contribution < -0.4 is 0 Å². The second-order valence-electron chi connectivity index (χ2n) is 6.14. The van der Waals surface area contributed by atoms with Crippen LogP contribution in [0.3, 0.4) is 0 Å². The van der Waals surface area contributed by atoms with Gasteiger partial charge in [-0.25, -0.2) is 8.78 Å². The van der Waals surface area contributed by atoms with E-state index in [-0.39, 0.29) is 13.2 Å². The summed E-state index contributed by atoms with van der Waals surface area (Å²) in [6, 6.07) is 0. The second kappa shape index (κ2) is 8.95. The molecule has 0 radical (unpaired) electrons. The van der Waals surface area contributed by atoms with E-state index < -0.39 is 55.7 Å². The van der Waals surface area contributed by atoms with Gasteiger partial charge in [0.05, 0.1) is 25.4 Å². The fourth-order valence-electron chi connectivity index (χ4n) is 2.99. The highest BCUT2D eigenvalue weighted by Crippen LogP contribution is 2.48. The van der Waals surface area contributed by atoms with Crippen LogP contribution in [0.5, 0.6) is 0 Å². The van der Waals surface area contributed by atoms with Crippen LogP contribution in [-0.4, -0.2) is 81.3 Å². The molecule has 1 unspecified atom stereocenters. The largest absolute Gasteiger partial charge is 0.382 e. The molecule has 0 aromatic heterocycles. The van der Waals surface area contributed by atoms with Crippen molar-refractivity contribution in [2.24, 2.45) is 0 Å². The second-order valence-corrected chi connectivity index (χ2v) is 8.93. The summed E-state index contributed by atoms with van der Waals surface area (Å²) in [5, 5.41) is 0. The Morgan fingerprint density at radius 1 is 1.00 bits per heavy atom. The van der Waals surface area contributed by atoms with Crippen LogP contribution in [0.2, 0.25) is 0 Å². The molecule has 0 amide bonds. The van der Waals surface area contributed by atoms with Gasteiger partial charge in [-0.15, -0.1) is 0 Å². The van der Waals surface area contributed by atoms with E-state index >= 15 is 0 Å². The third-order valence-electron chi connectivity index (χ3n) is 4.30. The van der Waals surface area contributed by atoms with Crippen molar-refractivity contribution in [1.29, 1.82) is 0 Å². The molecule has 2 heterocycles. The molecule has 2 aliphatic rings. The zero-order chi connectivity index (χ0) is 18.8. The predicted molar refractivity (Wildman–Crippen MR) is 88.5 cm³/mol. The molecule has 1 N–H and O–H groups in total. The zero-order valence-electron chi connectivity index (χ0n) is 14.5. The van der Waals surface area contributed by atoms with Crippen LogP contribution in [0.4, 0.5) is 8.78 Å². The lowest BCUT2D eigenvalue weighted by molar-refractivity contribution is -0.0403. The van der Waals surface area contributed by atoms with Gasteiger partial charge in [-0.2, -0.15) is 0 Å². The van der Waals surface area contributed by atoms with Gasteiger partial charge < -0.3 is 28.4 Å². The van der Waals surface area contributed by atoms with Crippen LogP contribution >= 0.6 is 6.72 Å². The molecule has 2 rings (SSSR count). The smallest absolute Gasteiger partial charge is 0.325 e. The van der Waals surface area contributed by atoms with Gasteiger partial charge in [0.25, 0.3) is 0 Å². The first kappa shape index (κ1) is 21.5. The Bertz CT molecular complexity index is 488. The lowest BCUT2D eigenvalue weighted by atomic mass is 10.1. The van der Waals surface area contributed by atoms with Crippen LogP contribution in [0.1, 0.15) is 13.8 Å². The van der Waals surface area contributed by atoms with E-state index in [1.165, 1.54) is 14.2 Å². The molecule has 0 saturated carbocycles. The monoisotopic (exact) mass is 406 g/mol. The first-order valence-electron chi connectivity index (χ1n) is 7.96. The van der Waals surface area contributed by atoms with E-state index in [0.29, 0.717) is 0 Å². The first-order valence-corrected chi connectivity index (χ1v) is 10.6. The van der Waals surface area contributed by atoms with Gasteiger partial charge in [0.2, 0.25) is 0 Å². The fourth-order valence-corrected chi connectivity index (χ4v) is 4.43. The van der Waals surface area contributed by atoms with Gasteiger partial charge in [0.1, 0.15) is 24.4 Å². The average molecular weight is 406 g/mol. The molecule has 0 spiro atoms. The summed E-state index contributed by atoms with van der Waals surface area (Å²) in [6.07, 6.45) is -7.59. The van der Waals surface area contributed by atoms with Gasteiger partial charge in [-0.1, -0.05) is 0 Å². The maximum atomic E-state index is 14.3. The highest BCUT2D eigenvalue weighted by Gasteiger charge is 2.47. The van der Waals surface area contributed by atoms with Crippen molar-refractivity contribution in [1.82, 2.24) is 0 Å². The van der Waals surface area contributed by atoms with Crippen molar-refractivity contribution in [2.45, 2.75) is 62.8 Å². The Morgan fingerprint density at radius 2 is 1.52 bits per heavy atom. The van der Waals surface area contributed by atoms with E-state index in [1.54, 1.807) is 13.8 Å². The fraction of sp³-hybridized carbons (Fsp3) is 1.00. The number of hydrogen-bond acceptors (Lipinski definition) is 7. The summed E-state index contributed by atoms with van der Waals surface area (Å²) in [5.41, 5.74) is 0. The van der Waals surface area contributed by atoms with E-state index in [9.17, 15) is 13.7 Å². The maximum absolute atomic E-state index is 14.3. The molecule has 0 aromatic carbocycles. The maximum Gasteiger partial charge on any atom is 0.325 e. The van der Waals surface area contributed by atoms with Crippen LogP contribution in [0.15, 0.2) is 0 Å². The van der Waals surface area contributed by atoms with Gasteiger partial charge in [0.15, 0.2) is 12.3 Å². The minimum atomic E-state index is -3.80. The molecule has 148 valence electrons. The number of methoxy groups -OCH3 is 2. The topological polar surface area (TPSA) is 75.6 Å². The number of rotatable bonds is 8. The van der Waals surface area contributed by atoms with Crippen molar-refractivity contribution >= 4 is 18.5 Å². The molecule has 0 aliphatic carbocycles. The van der Waals surface area contributed by atoms with Crippen molar-refractivity contribution in [3.63, 3.8) is 0 Å². The Labute approximate surface area is 151 Å². The molecule has 2 saturated heterocycles. The number of halogens is 2. The summed E-state index contributed by atoms with van der Waals surface area (Å²) in [5.74, 6) is 0. The summed E-state index contributed by atoms with van der Waals surface area (Å²) in [7, 11) is 2.80. The lowest BCUT2D eigenvalue weighted by Gasteiger charge is -2.26. The zero-order valence-corrected chi connectivity index (χ0v) is 16.3. The Hall–Kier alpha value is 0.230. The molecule has 0 aromatic rings. The Kier molecular flexibility index (Phi) is 7.70. The molecule has 0 bridgehead atoms. The standard InChI is InChI=1S/C14H25F2O7PS/c1-7-11(15)13(19-4)10(22-7)6-20-24(17,25)23-14-9(5-18-3)21-8(2)12(14)16/h7-14H,5-6H2,1-4H3,(H,17,25)/t7-,8-,9+,10+,11-,12-,13+,14+,24?/m0/s1. The Balaban J connectivity index is 1.94. The van der Waals surface area contributed by atoms with Gasteiger partial charge in [0, 0.05) is 14.2 Å². The molecule has 7 nitrogen and oxygen atoms in total. The highest BCUT2D eigenvalue weighted by atomic mass is 32.5. The highest BCUT2D eigenvalue weighted by molar-refractivity contribution is 8.07. The molecule has 25 heavy (non-hydrogen) atoms.